The SMILES string of the molecule is CC(C)c1ccc(/C=N\Nc2ccc(S(N)(=O)=O)cc2[N+](=O)[O-])cc1. The number of hydrogen-bond acceptors (Lipinski definition) is 6. The summed E-state index contributed by atoms with van der Waals surface area (Å²) in [7, 11) is -4.02. The first-order valence-electron chi connectivity index (χ1n) is 7.39. The zero-order chi connectivity index (χ0) is 18.6. The summed E-state index contributed by atoms with van der Waals surface area (Å²) in [6.45, 7) is 4.18. The molecule has 0 spiro atoms. The Kier molecular flexibility index (Phi) is 5.50. The van der Waals surface area contributed by atoms with Crippen LogP contribution in [0.3, 0.4) is 0 Å². The number of nitrogens with two attached hydrogens (primary N) is 1. The Morgan fingerprint density at radius 3 is 2.36 bits per heavy atom. The van der Waals surface area contributed by atoms with Crippen LogP contribution >= 0.6 is 0 Å². The fourth-order valence-corrected chi connectivity index (χ4v) is 2.61. The van der Waals surface area contributed by atoms with E-state index in [1.54, 1.807) is 0 Å². The lowest BCUT2D eigenvalue weighted by Crippen LogP contribution is -2.12. The minimum Gasteiger partial charge on any atom is -0.272 e. The summed E-state index contributed by atoms with van der Waals surface area (Å²) in [6.07, 6.45) is 1.52. The molecule has 0 atom stereocenters. The molecule has 0 aromatic heterocycles. The van der Waals surface area contributed by atoms with Crippen LogP contribution < -0.4 is 10.6 Å². The van der Waals surface area contributed by atoms with Gasteiger partial charge in [-0.2, -0.15) is 5.10 Å². The van der Waals surface area contributed by atoms with E-state index in [2.05, 4.69) is 24.4 Å². The number of benzene rings is 2. The van der Waals surface area contributed by atoms with E-state index in [0.717, 1.165) is 11.6 Å². The highest BCUT2D eigenvalue weighted by atomic mass is 32.2. The summed E-state index contributed by atoms with van der Waals surface area (Å²) in [5.74, 6) is 0.420. The van der Waals surface area contributed by atoms with Gasteiger partial charge in [0.05, 0.1) is 16.0 Å². The third-order valence-electron chi connectivity index (χ3n) is 3.50. The molecule has 0 aliphatic carbocycles. The van der Waals surface area contributed by atoms with E-state index in [0.29, 0.717) is 5.92 Å². The second-order valence-corrected chi connectivity index (χ2v) is 7.23. The molecule has 0 saturated heterocycles. The van der Waals surface area contributed by atoms with Crippen molar-refractivity contribution in [2.24, 2.45) is 10.2 Å². The van der Waals surface area contributed by atoms with Gasteiger partial charge in [0, 0.05) is 6.07 Å². The Labute approximate surface area is 145 Å². The van der Waals surface area contributed by atoms with Crippen LogP contribution in [0, 0.1) is 10.1 Å². The zero-order valence-electron chi connectivity index (χ0n) is 13.7. The number of nitrogens with zero attached hydrogens (tertiary/aromatic N) is 2. The molecule has 9 heteroatoms. The maximum Gasteiger partial charge on any atom is 0.295 e. The van der Waals surface area contributed by atoms with Gasteiger partial charge in [-0.3, -0.25) is 15.5 Å². The van der Waals surface area contributed by atoms with Crippen LogP contribution in [-0.4, -0.2) is 19.6 Å². The van der Waals surface area contributed by atoms with Crippen LogP contribution in [0.1, 0.15) is 30.9 Å². The average molecular weight is 362 g/mol. The molecule has 132 valence electrons. The van der Waals surface area contributed by atoms with Gasteiger partial charge in [0.25, 0.3) is 5.69 Å². The maximum absolute atomic E-state index is 11.3. The number of anilines is 1. The molecule has 0 amide bonds. The van der Waals surface area contributed by atoms with Crippen molar-refractivity contribution >= 4 is 27.6 Å². The molecule has 3 N–H and O–H groups in total. The molecule has 0 saturated carbocycles. The predicted octanol–water partition coefficient (Wildman–Crippen LogP) is 2.81. The van der Waals surface area contributed by atoms with E-state index in [-0.39, 0.29) is 10.6 Å². The minimum atomic E-state index is -4.02. The van der Waals surface area contributed by atoms with Gasteiger partial charge in [-0.05, 0) is 29.2 Å². The van der Waals surface area contributed by atoms with E-state index in [9.17, 15) is 18.5 Å². The van der Waals surface area contributed by atoms with Gasteiger partial charge in [0.15, 0.2) is 0 Å². The standard InChI is InChI=1S/C16H18N4O4S/c1-11(2)13-5-3-12(4-6-13)10-18-19-15-8-7-14(25(17,23)24)9-16(15)20(21)22/h3-11,19H,1-2H3,(H2,17,23,24)/b18-10-. The molecule has 0 aliphatic heterocycles. The summed E-state index contributed by atoms with van der Waals surface area (Å²) < 4.78 is 22.6. The third kappa shape index (κ3) is 4.85. The van der Waals surface area contributed by atoms with Crippen molar-refractivity contribution in [1.82, 2.24) is 0 Å². The van der Waals surface area contributed by atoms with Crippen LogP contribution in [0.25, 0.3) is 0 Å². The number of primary sulfonamides is 1. The van der Waals surface area contributed by atoms with Gasteiger partial charge in [0.2, 0.25) is 10.0 Å². The summed E-state index contributed by atoms with van der Waals surface area (Å²) in [6, 6.07) is 11.1. The Balaban J connectivity index is 2.21. The van der Waals surface area contributed by atoms with Crippen molar-refractivity contribution in [2.75, 3.05) is 5.43 Å². The lowest BCUT2D eigenvalue weighted by Gasteiger charge is -2.05. The first-order chi connectivity index (χ1) is 11.7. The topological polar surface area (TPSA) is 128 Å². The molecule has 8 nitrogen and oxygen atoms in total. The monoisotopic (exact) mass is 362 g/mol. The van der Waals surface area contributed by atoms with Crippen molar-refractivity contribution in [2.45, 2.75) is 24.7 Å². The summed E-state index contributed by atoms with van der Waals surface area (Å²) in [5.41, 5.74) is 4.20. The van der Waals surface area contributed by atoms with E-state index in [1.165, 1.54) is 23.9 Å². The fraction of sp³-hybridized carbons (Fsp3) is 0.188. The van der Waals surface area contributed by atoms with E-state index < -0.39 is 20.6 Å². The molecule has 0 fully saturated rings. The van der Waals surface area contributed by atoms with Crippen molar-refractivity contribution in [3.63, 3.8) is 0 Å². The molecular formula is C16H18N4O4S. The van der Waals surface area contributed by atoms with Gasteiger partial charge in [0.1, 0.15) is 5.69 Å². The van der Waals surface area contributed by atoms with Crippen LogP contribution in [0.4, 0.5) is 11.4 Å². The molecule has 0 heterocycles. The van der Waals surface area contributed by atoms with Crippen molar-refractivity contribution in [1.29, 1.82) is 0 Å². The average Bonchev–Trinajstić information content (AvgIpc) is 2.54. The molecule has 0 bridgehead atoms. The maximum atomic E-state index is 11.3. The summed E-state index contributed by atoms with van der Waals surface area (Å²) in [4.78, 5) is 10.1. The number of rotatable bonds is 6. The molecule has 0 radical (unpaired) electrons. The van der Waals surface area contributed by atoms with E-state index in [1.807, 2.05) is 24.3 Å². The summed E-state index contributed by atoms with van der Waals surface area (Å²) in [5, 5.41) is 20.1. The number of nitro benzene ring substituents is 1. The van der Waals surface area contributed by atoms with Crippen LogP contribution in [0.5, 0.6) is 0 Å². The Morgan fingerprint density at radius 2 is 1.84 bits per heavy atom. The number of nitro groups is 1. The number of hydrogen-bond donors (Lipinski definition) is 2. The van der Waals surface area contributed by atoms with Gasteiger partial charge < -0.3 is 0 Å². The molecule has 2 aromatic rings. The van der Waals surface area contributed by atoms with Gasteiger partial charge >= 0.3 is 0 Å². The molecule has 2 rings (SSSR count). The molecule has 25 heavy (non-hydrogen) atoms. The molecular weight excluding hydrogens is 344 g/mol. The number of hydrazone groups is 1. The smallest absolute Gasteiger partial charge is 0.272 e. The Morgan fingerprint density at radius 1 is 1.20 bits per heavy atom. The number of nitrogens with one attached hydrogen (secondary N) is 1. The minimum absolute atomic E-state index is 0.0625. The highest BCUT2D eigenvalue weighted by molar-refractivity contribution is 7.89. The first-order valence-corrected chi connectivity index (χ1v) is 8.93. The van der Waals surface area contributed by atoms with Crippen molar-refractivity contribution in [3.05, 3.63) is 63.7 Å². The highest BCUT2D eigenvalue weighted by Gasteiger charge is 2.18. The van der Waals surface area contributed by atoms with Crippen LogP contribution in [0.15, 0.2) is 52.5 Å². The first kappa shape index (κ1) is 18.6. The highest BCUT2D eigenvalue weighted by Crippen LogP contribution is 2.27. The largest absolute Gasteiger partial charge is 0.295 e. The second kappa shape index (κ2) is 7.41. The van der Waals surface area contributed by atoms with Crippen molar-refractivity contribution in [3.8, 4) is 0 Å². The predicted molar refractivity (Wildman–Crippen MR) is 96.2 cm³/mol. The van der Waals surface area contributed by atoms with E-state index in [4.69, 9.17) is 5.14 Å². The second-order valence-electron chi connectivity index (χ2n) is 5.67. The normalized spacial score (nSPS) is 11.8. The lowest BCUT2D eigenvalue weighted by atomic mass is 10.0. The van der Waals surface area contributed by atoms with Gasteiger partial charge in [-0.25, -0.2) is 13.6 Å². The van der Waals surface area contributed by atoms with Crippen molar-refractivity contribution < 1.29 is 13.3 Å². The van der Waals surface area contributed by atoms with Crippen LogP contribution in [0.2, 0.25) is 0 Å². The molecule has 0 aliphatic rings. The lowest BCUT2D eigenvalue weighted by molar-refractivity contribution is -0.384. The number of sulfonamides is 1. The Bertz CT molecular complexity index is 906. The third-order valence-corrected chi connectivity index (χ3v) is 4.41. The summed E-state index contributed by atoms with van der Waals surface area (Å²) >= 11 is 0. The Hall–Kier alpha value is -2.78. The molecule has 2 aromatic carbocycles. The fourth-order valence-electron chi connectivity index (χ4n) is 2.08. The molecule has 0 unspecified atom stereocenters. The van der Waals surface area contributed by atoms with E-state index >= 15 is 0 Å². The quantitative estimate of drug-likeness (QED) is 0.464. The zero-order valence-corrected chi connectivity index (χ0v) is 14.5. The van der Waals surface area contributed by atoms with Gasteiger partial charge in [-0.1, -0.05) is 38.1 Å². The van der Waals surface area contributed by atoms with Gasteiger partial charge in [-0.15, -0.1) is 0 Å². The van der Waals surface area contributed by atoms with Crippen LogP contribution in [-0.2, 0) is 10.0 Å².